The van der Waals surface area contributed by atoms with Gasteiger partial charge in [0.25, 0.3) is 15.9 Å². The number of hydrogen-bond donors (Lipinski definition) is 1. The Hall–Kier alpha value is -4.11. The molecule has 3 aromatic rings. The van der Waals surface area contributed by atoms with E-state index in [0.29, 0.717) is 28.3 Å². The van der Waals surface area contributed by atoms with Crippen LogP contribution in [0.25, 0.3) is 0 Å². The van der Waals surface area contributed by atoms with Crippen molar-refractivity contribution in [2.45, 2.75) is 4.90 Å². The number of nitrogens with zero attached hydrogens (tertiary/aromatic N) is 2. The molecule has 3 rings (SSSR count). The highest BCUT2D eigenvalue weighted by Crippen LogP contribution is 2.25. The van der Waals surface area contributed by atoms with Gasteiger partial charge in [-0.1, -0.05) is 24.3 Å². The third-order valence-electron chi connectivity index (χ3n) is 4.85. The highest BCUT2D eigenvalue weighted by atomic mass is 32.2. The van der Waals surface area contributed by atoms with Crippen LogP contribution in [-0.2, 0) is 10.0 Å². The van der Waals surface area contributed by atoms with E-state index in [1.165, 1.54) is 48.0 Å². The number of rotatable bonds is 10. The Kier molecular flexibility index (Phi) is 8.05. The topological polar surface area (TPSA) is 97.3 Å². The first-order valence-corrected chi connectivity index (χ1v) is 11.7. The van der Waals surface area contributed by atoms with Gasteiger partial charge in [0.1, 0.15) is 11.5 Å². The summed E-state index contributed by atoms with van der Waals surface area (Å²) in [5.41, 5.74) is 3.84. The van der Waals surface area contributed by atoms with Gasteiger partial charge < -0.3 is 9.47 Å². The zero-order valence-corrected chi connectivity index (χ0v) is 19.7. The number of anilines is 1. The Labute approximate surface area is 199 Å². The second-order valence-corrected chi connectivity index (χ2v) is 8.85. The van der Waals surface area contributed by atoms with Gasteiger partial charge in [-0.15, -0.1) is 6.58 Å². The molecule has 0 unspecified atom stereocenters. The zero-order chi connectivity index (χ0) is 24.6. The highest BCUT2D eigenvalue weighted by Gasteiger charge is 2.23. The van der Waals surface area contributed by atoms with Crippen molar-refractivity contribution >= 4 is 27.8 Å². The van der Waals surface area contributed by atoms with Gasteiger partial charge in [0.15, 0.2) is 0 Å². The molecule has 1 amide bonds. The van der Waals surface area contributed by atoms with Gasteiger partial charge in [0.2, 0.25) is 0 Å². The number of methoxy groups -OCH3 is 2. The van der Waals surface area contributed by atoms with Crippen molar-refractivity contribution < 1.29 is 22.7 Å². The second-order valence-electron chi connectivity index (χ2n) is 6.99. The van der Waals surface area contributed by atoms with Crippen LogP contribution in [0.15, 0.2) is 95.4 Å². The molecule has 0 aliphatic carbocycles. The van der Waals surface area contributed by atoms with Crippen molar-refractivity contribution in [2.75, 3.05) is 25.1 Å². The number of amides is 1. The predicted molar refractivity (Wildman–Crippen MR) is 132 cm³/mol. The van der Waals surface area contributed by atoms with Crippen molar-refractivity contribution in [3.8, 4) is 11.5 Å². The predicted octanol–water partition coefficient (Wildman–Crippen LogP) is 3.85. The molecule has 0 heterocycles. The lowest BCUT2D eigenvalue weighted by atomic mass is 10.2. The Bertz CT molecular complexity index is 1270. The number of carbonyl (C=O) groups is 1. The van der Waals surface area contributed by atoms with Crippen molar-refractivity contribution in [2.24, 2.45) is 5.10 Å². The molecule has 8 nitrogen and oxygen atoms in total. The van der Waals surface area contributed by atoms with Crippen LogP contribution in [0.2, 0.25) is 0 Å². The Morgan fingerprint density at radius 1 is 1.03 bits per heavy atom. The number of carbonyl (C=O) groups excluding carboxylic acids is 1. The van der Waals surface area contributed by atoms with E-state index in [4.69, 9.17) is 9.47 Å². The van der Waals surface area contributed by atoms with Crippen LogP contribution in [0.1, 0.15) is 15.9 Å². The van der Waals surface area contributed by atoms with Gasteiger partial charge >= 0.3 is 0 Å². The van der Waals surface area contributed by atoms with Crippen LogP contribution in [0.4, 0.5) is 5.69 Å². The van der Waals surface area contributed by atoms with E-state index in [1.54, 1.807) is 55.6 Å². The summed E-state index contributed by atoms with van der Waals surface area (Å²) in [5.74, 6) is 0.734. The minimum Gasteiger partial charge on any atom is -0.497 e. The Morgan fingerprint density at radius 2 is 1.74 bits per heavy atom. The third-order valence-corrected chi connectivity index (χ3v) is 6.66. The summed E-state index contributed by atoms with van der Waals surface area (Å²) >= 11 is 0. The van der Waals surface area contributed by atoms with Crippen LogP contribution in [0, 0.1) is 0 Å². The van der Waals surface area contributed by atoms with Crippen LogP contribution in [-0.4, -0.2) is 41.3 Å². The molecule has 176 valence electrons. The van der Waals surface area contributed by atoms with E-state index < -0.39 is 15.9 Å². The van der Waals surface area contributed by atoms with Crippen molar-refractivity contribution in [3.05, 3.63) is 96.6 Å². The quantitative estimate of drug-likeness (QED) is 0.271. The Morgan fingerprint density at radius 3 is 2.35 bits per heavy atom. The van der Waals surface area contributed by atoms with E-state index >= 15 is 0 Å². The van der Waals surface area contributed by atoms with E-state index in [-0.39, 0.29) is 11.4 Å². The Balaban J connectivity index is 1.75. The van der Waals surface area contributed by atoms with Gasteiger partial charge in [-0.05, 0) is 48.5 Å². The lowest BCUT2D eigenvalue weighted by Crippen LogP contribution is -2.31. The monoisotopic (exact) mass is 479 g/mol. The summed E-state index contributed by atoms with van der Waals surface area (Å²) in [6.45, 7) is 3.74. The summed E-state index contributed by atoms with van der Waals surface area (Å²) in [7, 11) is -0.704. The van der Waals surface area contributed by atoms with Crippen molar-refractivity contribution in [3.63, 3.8) is 0 Å². The van der Waals surface area contributed by atoms with E-state index in [0.717, 1.165) is 0 Å². The zero-order valence-electron chi connectivity index (χ0n) is 18.8. The minimum atomic E-state index is -3.79. The van der Waals surface area contributed by atoms with Crippen LogP contribution < -0.4 is 19.2 Å². The molecule has 3 aromatic carbocycles. The van der Waals surface area contributed by atoms with E-state index in [1.807, 2.05) is 0 Å². The largest absolute Gasteiger partial charge is 0.497 e. The van der Waals surface area contributed by atoms with Crippen LogP contribution in [0.3, 0.4) is 0 Å². The van der Waals surface area contributed by atoms with Gasteiger partial charge in [-0.2, -0.15) is 5.10 Å². The summed E-state index contributed by atoms with van der Waals surface area (Å²) in [4.78, 5) is 12.7. The average Bonchev–Trinajstić information content (AvgIpc) is 2.87. The summed E-state index contributed by atoms with van der Waals surface area (Å²) < 4.78 is 37.8. The summed E-state index contributed by atoms with van der Waals surface area (Å²) in [6, 6.07) is 19.5. The fraction of sp³-hybridized carbons (Fsp3) is 0.120. The molecule has 1 N–H and O–H groups in total. The molecule has 0 radical (unpaired) electrons. The average molecular weight is 480 g/mol. The molecule has 0 aromatic heterocycles. The number of hydrogen-bond acceptors (Lipinski definition) is 6. The lowest BCUT2D eigenvalue weighted by molar-refractivity contribution is 0.0955. The normalized spacial score (nSPS) is 11.1. The lowest BCUT2D eigenvalue weighted by Gasteiger charge is -2.23. The van der Waals surface area contributed by atoms with Gasteiger partial charge in [0.05, 0.1) is 37.6 Å². The molecule has 0 saturated heterocycles. The molecule has 0 spiro atoms. The van der Waals surface area contributed by atoms with Gasteiger partial charge in [0, 0.05) is 17.2 Å². The fourth-order valence-corrected chi connectivity index (χ4v) is 4.56. The maximum Gasteiger partial charge on any atom is 0.271 e. The first-order valence-electron chi connectivity index (χ1n) is 10.2. The molecule has 34 heavy (non-hydrogen) atoms. The second kappa shape index (κ2) is 11.2. The maximum absolute atomic E-state index is 13.1. The summed E-state index contributed by atoms with van der Waals surface area (Å²) in [6.07, 6.45) is 2.96. The minimum absolute atomic E-state index is 0.0801. The molecule has 0 bridgehead atoms. The fourth-order valence-electron chi connectivity index (χ4n) is 3.11. The van der Waals surface area contributed by atoms with E-state index in [2.05, 4.69) is 17.1 Å². The third kappa shape index (κ3) is 5.62. The molecule has 0 fully saturated rings. The smallest absolute Gasteiger partial charge is 0.271 e. The SMILES string of the molecule is C=CCN(c1ccc(C(=O)N/N=C\c2ccc(OC)cc2OC)cc1)S(=O)(=O)c1ccccc1. The number of nitrogens with one attached hydrogen (secondary N) is 1. The van der Waals surface area contributed by atoms with Gasteiger partial charge in [-0.25, -0.2) is 13.8 Å². The molecule has 0 saturated carbocycles. The number of benzene rings is 3. The molecule has 9 heteroatoms. The number of hydrazone groups is 1. The number of ether oxygens (including phenoxy) is 2. The van der Waals surface area contributed by atoms with Crippen molar-refractivity contribution in [1.29, 1.82) is 0 Å². The molecular weight excluding hydrogens is 454 g/mol. The highest BCUT2D eigenvalue weighted by molar-refractivity contribution is 7.92. The first-order chi connectivity index (χ1) is 16.4. The maximum atomic E-state index is 13.1. The molecular formula is C25H25N3O5S. The van der Waals surface area contributed by atoms with Gasteiger partial charge in [-0.3, -0.25) is 9.10 Å². The van der Waals surface area contributed by atoms with Crippen LogP contribution >= 0.6 is 0 Å². The van der Waals surface area contributed by atoms with E-state index in [9.17, 15) is 13.2 Å². The van der Waals surface area contributed by atoms with Crippen LogP contribution in [0.5, 0.6) is 11.5 Å². The summed E-state index contributed by atoms with van der Waals surface area (Å²) in [5, 5.41) is 3.98. The standard InChI is InChI=1S/C25H25N3O5S/c1-4-16-28(34(30,31)23-8-6-5-7-9-23)21-13-10-19(11-14-21)25(29)27-26-18-20-12-15-22(32-2)17-24(20)33-3/h4-15,17-18H,1,16H2,2-3H3,(H,27,29)/b26-18-. The molecule has 0 aliphatic heterocycles. The molecule has 0 aliphatic rings. The number of sulfonamides is 1. The van der Waals surface area contributed by atoms with Crippen molar-refractivity contribution in [1.82, 2.24) is 5.43 Å². The molecule has 0 atom stereocenters. The first kappa shape index (κ1) is 24.5.